The first-order valence-corrected chi connectivity index (χ1v) is 6.57. The molecule has 1 saturated carbocycles. The van der Waals surface area contributed by atoms with Crippen LogP contribution in [0.25, 0.3) is 0 Å². The largest absolute Gasteiger partial charge is 0.314 e. The number of rotatable bonds is 4. The van der Waals surface area contributed by atoms with Gasteiger partial charge in [-0.1, -0.05) is 20.8 Å². The van der Waals surface area contributed by atoms with Crippen molar-refractivity contribution in [2.24, 2.45) is 11.3 Å². The molecule has 2 rings (SSSR count). The summed E-state index contributed by atoms with van der Waals surface area (Å²) in [4.78, 5) is 2.67. The Morgan fingerprint density at radius 1 is 1.27 bits per heavy atom. The van der Waals surface area contributed by atoms with Crippen LogP contribution in [0.5, 0.6) is 0 Å². The van der Waals surface area contributed by atoms with Crippen molar-refractivity contribution in [1.82, 2.24) is 10.2 Å². The highest BCUT2D eigenvalue weighted by Crippen LogP contribution is 2.51. The molecule has 1 N–H and O–H groups in total. The standard InChI is InChI=1S/C13H26N2/c1-4-14-12-5-7-15(8-6-12)10-11-9-13(11,2)3/h11-12,14H,4-10H2,1-3H3. The summed E-state index contributed by atoms with van der Waals surface area (Å²) in [7, 11) is 0. The first-order chi connectivity index (χ1) is 7.12. The van der Waals surface area contributed by atoms with Gasteiger partial charge in [0.05, 0.1) is 0 Å². The lowest BCUT2D eigenvalue weighted by molar-refractivity contribution is 0.185. The zero-order valence-electron chi connectivity index (χ0n) is 10.6. The molecule has 1 unspecified atom stereocenters. The van der Waals surface area contributed by atoms with E-state index < -0.39 is 0 Å². The Labute approximate surface area is 94.4 Å². The Hall–Kier alpha value is -0.0800. The van der Waals surface area contributed by atoms with E-state index in [0.717, 1.165) is 18.5 Å². The normalized spacial score (nSPS) is 31.8. The lowest BCUT2D eigenvalue weighted by atomic mass is 10.0. The molecule has 0 spiro atoms. The number of nitrogens with zero attached hydrogens (tertiary/aromatic N) is 1. The fraction of sp³-hybridized carbons (Fsp3) is 1.00. The molecule has 0 aromatic rings. The minimum atomic E-state index is 0.651. The molecule has 15 heavy (non-hydrogen) atoms. The van der Waals surface area contributed by atoms with Gasteiger partial charge in [-0.3, -0.25) is 0 Å². The summed E-state index contributed by atoms with van der Waals surface area (Å²) in [5.41, 5.74) is 0.651. The molecular formula is C13H26N2. The maximum absolute atomic E-state index is 3.56. The highest BCUT2D eigenvalue weighted by molar-refractivity contribution is 4.97. The third-order valence-electron chi connectivity index (χ3n) is 4.28. The minimum Gasteiger partial charge on any atom is -0.314 e. The van der Waals surface area contributed by atoms with Gasteiger partial charge in [0.15, 0.2) is 0 Å². The molecular weight excluding hydrogens is 184 g/mol. The molecule has 0 amide bonds. The van der Waals surface area contributed by atoms with Gasteiger partial charge in [-0.15, -0.1) is 0 Å². The molecule has 88 valence electrons. The van der Waals surface area contributed by atoms with Crippen molar-refractivity contribution < 1.29 is 0 Å². The number of hydrogen-bond acceptors (Lipinski definition) is 2. The topological polar surface area (TPSA) is 15.3 Å². The van der Waals surface area contributed by atoms with E-state index in [1.165, 1.54) is 38.9 Å². The van der Waals surface area contributed by atoms with Gasteiger partial charge in [-0.2, -0.15) is 0 Å². The van der Waals surface area contributed by atoms with Crippen LogP contribution in [0.15, 0.2) is 0 Å². The van der Waals surface area contributed by atoms with Crippen molar-refractivity contribution in [3.8, 4) is 0 Å². The zero-order chi connectivity index (χ0) is 10.9. The van der Waals surface area contributed by atoms with Crippen LogP contribution in [0.2, 0.25) is 0 Å². The molecule has 2 nitrogen and oxygen atoms in total. The highest BCUT2D eigenvalue weighted by atomic mass is 15.1. The van der Waals surface area contributed by atoms with Crippen molar-refractivity contribution >= 4 is 0 Å². The van der Waals surface area contributed by atoms with Gasteiger partial charge in [-0.25, -0.2) is 0 Å². The van der Waals surface area contributed by atoms with Crippen molar-refractivity contribution in [3.05, 3.63) is 0 Å². The van der Waals surface area contributed by atoms with E-state index in [2.05, 4.69) is 31.0 Å². The van der Waals surface area contributed by atoms with Crippen LogP contribution in [0.1, 0.15) is 40.0 Å². The third kappa shape index (κ3) is 2.94. The van der Waals surface area contributed by atoms with E-state index in [1.54, 1.807) is 0 Å². The van der Waals surface area contributed by atoms with Gasteiger partial charge in [-0.05, 0) is 50.2 Å². The summed E-state index contributed by atoms with van der Waals surface area (Å²) in [6, 6.07) is 0.790. The molecule has 1 heterocycles. The zero-order valence-corrected chi connectivity index (χ0v) is 10.6. The highest BCUT2D eigenvalue weighted by Gasteiger charge is 2.46. The van der Waals surface area contributed by atoms with E-state index in [9.17, 15) is 0 Å². The maximum Gasteiger partial charge on any atom is 0.00912 e. The average molecular weight is 210 g/mol. The van der Waals surface area contributed by atoms with Gasteiger partial charge >= 0.3 is 0 Å². The number of nitrogens with one attached hydrogen (secondary N) is 1. The maximum atomic E-state index is 3.56. The Morgan fingerprint density at radius 3 is 2.33 bits per heavy atom. The number of likely N-dealkylation sites (tertiary alicyclic amines) is 1. The SMILES string of the molecule is CCNC1CCN(CC2CC2(C)C)CC1. The summed E-state index contributed by atoms with van der Waals surface area (Å²) < 4.78 is 0. The molecule has 0 aromatic heterocycles. The summed E-state index contributed by atoms with van der Waals surface area (Å²) in [5.74, 6) is 0.980. The van der Waals surface area contributed by atoms with E-state index in [-0.39, 0.29) is 0 Å². The van der Waals surface area contributed by atoms with Gasteiger partial charge in [0, 0.05) is 12.6 Å². The first kappa shape index (κ1) is 11.4. The second kappa shape index (κ2) is 4.42. The van der Waals surface area contributed by atoms with Gasteiger partial charge in [0.2, 0.25) is 0 Å². The van der Waals surface area contributed by atoms with E-state index >= 15 is 0 Å². The van der Waals surface area contributed by atoms with Gasteiger partial charge < -0.3 is 10.2 Å². The first-order valence-electron chi connectivity index (χ1n) is 6.57. The molecule has 1 aliphatic heterocycles. The Kier molecular flexibility index (Phi) is 3.36. The van der Waals surface area contributed by atoms with Crippen molar-refractivity contribution in [2.45, 2.75) is 46.1 Å². The predicted molar refractivity (Wildman–Crippen MR) is 65.0 cm³/mol. The van der Waals surface area contributed by atoms with Crippen LogP contribution in [-0.4, -0.2) is 37.1 Å². The summed E-state index contributed by atoms with van der Waals surface area (Å²) in [5, 5.41) is 3.56. The Bertz CT molecular complexity index is 205. The fourth-order valence-corrected chi connectivity index (χ4v) is 2.81. The van der Waals surface area contributed by atoms with Crippen LogP contribution in [0.4, 0.5) is 0 Å². The van der Waals surface area contributed by atoms with Crippen molar-refractivity contribution in [3.63, 3.8) is 0 Å². The average Bonchev–Trinajstić information content (AvgIpc) is 2.78. The van der Waals surface area contributed by atoms with Gasteiger partial charge in [0.25, 0.3) is 0 Å². The lowest BCUT2D eigenvalue weighted by Crippen LogP contribution is -2.43. The minimum absolute atomic E-state index is 0.651. The quantitative estimate of drug-likeness (QED) is 0.764. The second-order valence-corrected chi connectivity index (χ2v) is 6.02. The summed E-state index contributed by atoms with van der Waals surface area (Å²) in [6.45, 7) is 12.1. The molecule has 0 bridgehead atoms. The van der Waals surface area contributed by atoms with E-state index in [1.807, 2.05) is 0 Å². The van der Waals surface area contributed by atoms with Crippen molar-refractivity contribution in [1.29, 1.82) is 0 Å². The molecule has 2 fully saturated rings. The molecule has 2 aliphatic rings. The van der Waals surface area contributed by atoms with Gasteiger partial charge in [0.1, 0.15) is 0 Å². The van der Waals surface area contributed by atoms with Crippen LogP contribution in [0.3, 0.4) is 0 Å². The van der Waals surface area contributed by atoms with Crippen LogP contribution < -0.4 is 5.32 Å². The predicted octanol–water partition coefficient (Wildman–Crippen LogP) is 2.11. The van der Waals surface area contributed by atoms with Crippen molar-refractivity contribution in [2.75, 3.05) is 26.2 Å². The van der Waals surface area contributed by atoms with E-state index in [4.69, 9.17) is 0 Å². The fourth-order valence-electron chi connectivity index (χ4n) is 2.81. The van der Waals surface area contributed by atoms with Crippen LogP contribution >= 0.6 is 0 Å². The molecule has 1 saturated heterocycles. The van der Waals surface area contributed by atoms with E-state index in [0.29, 0.717) is 5.41 Å². The third-order valence-corrected chi connectivity index (χ3v) is 4.28. The number of hydrogen-bond donors (Lipinski definition) is 1. The Balaban J connectivity index is 1.66. The Morgan fingerprint density at radius 2 is 1.87 bits per heavy atom. The smallest absolute Gasteiger partial charge is 0.00912 e. The lowest BCUT2D eigenvalue weighted by Gasteiger charge is -2.32. The monoisotopic (exact) mass is 210 g/mol. The summed E-state index contributed by atoms with van der Waals surface area (Å²) >= 11 is 0. The molecule has 2 heteroatoms. The molecule has 0 aromatic carbocycles. The molecule has 1 aliphatic carbocycles. The molecule has 0 radical (unpaired) electrons. The number of piperidine rings is 1. The summed E-state index contributed by atoms with van der Waals surface area (Å²) in [6.07, 6.45) is 4.14. The molecule has 1 atom stereocenters. The second-order valence-electron chi connectivity index (χ2n) is 6.02. The van der Waals surface area contributed by atoms with Crippen LogP contribution in [0, 0.1) is 11.3 Å². The van der Waals surface area contributed by atoms with Crippen LogP contribution in [-0.2, 0) is 0 Å².